The van der Waals surface area contributed by atoms with Gasteiger partial charge in [0, 0.05) is 44.3 Å². The van der Waals surface area contributed by atoms with Gasteiger partial charge in [-0.2, -0.15) is 5.10 Å². The van der Waals surface area contributed by atoms with E-state index in [0.29, 0.717) is 0 Å². The van der Waals surface area contributed by atoms with E-state index in [2.05, 4.69) is 25.8 Å². The number of aryl methyl sites for hydroxylation is 2. The first-order chi connectivity index (χ1) is 13.8. The summed E-state index contributed by atoms with van der Waals surface area (Å²) in [5.41, 5.74) is 2.96. The number of nitrogens with one attached hydrogen (secondary N) is 1. The van der Waals surface area contributed by atoms with Gasteiger partial charge in [-0.15, -0.1) is 0 Å². The molecule has 0 radical (unpaired) electrons. The number of sulfonamides is 1. The topological polar surface area (TPSA) is 80.1 Å². The molecular weight excluding hydrogens is 393 g/mol. The third kappa shape index (κ3) is 4.31. The second kappa shape index (κ2) is 7.81. The number of rotatable bonds is 5. The Labute approximate surface area is 169 Å². The summed E-state index contributed by atoms with van der Waals surface area (Å²) in [5, 5.41) is 5.47. The van der Waals surface area contributed by atoms with Gasteiger partial charge >= 0.3 is 0 Å². The number of nitrogens with zero attached hydrogens (tertiary/aromatic N) is 4. The lowest BCUT2D eigenvalue weighted by molar-refractivity contribution is 0.200. The number of halogens is 1. The maximum Gasteiger partial charge on any atom is 0.240 e. The Balaban J connectivity index is 1.36. The molecular formula is C20H24FN5O2S. The van der Waals surface area contributed by atoms with Crippen molar-refractivity contribution in [2.45, 2.75) is 37.2 Å². The molecule has 1 aliphatic rings. The Kier molecular flexibility index (Phi) is 5.37. The van der Waals surface area contributed by atoms with Crippen molar-refractivity contribution in [3.05, 3.63) is 53.6 Å². The Morgan fingerprint density at radius 3 is 2.59 bits per heavy atom. The molecule has 1 saturated heterocycles. The molecule has 1 aromatic carbocycles. The van der Waals surface area contributed by atoms with Crippen LogP contribution in [0.25, 0.3) is 11.0 Å². The molecule has 0 atom stereocenters. The number of benzene rings is 1. The normalized spacial score (nSPS) is 16.5. The standard InChI is InChI=1S/C20H24FN5O2S/c1-14-19-11-15(12-22-20(19)25(2)23-14)13-26-9-7-17(8-10-26)24-29(27,28)18-5-3-16(21)4-6-18/h3-6,11-12,17,24H,7-10,13H2,1-2H3. The van der Waals surface area contributed by atoms with Gasteiger partial charge in [-0.3, -0.25) is 9.58 Å². The number of aromatic nitrogens is 3. The molecule has 1 N–H and O–H groups in total. The average Bonchev–Trinajstić information content (AvgIpc) is 2.97. The van der Waals surface area contributed by atoms with E-state index in [9.17, 15) is 12.8 Å². The van der Waals surface area contributed by atoms with Crippen LogP contribution in [0.5, 0.6) is 0 Å². The predicted molar refractivity (Wildman–Crippen MR) is 108 cm³/mol. The van der Waals surface area contributed by atoms with Crippen LogP contribution in [0, 0.1) is 12.7 Å². The third-order valence-electron chi connectivity index (χ3n) is 5.36. The van der Waals surface area contributed by atoms with Crippen LogP contribution in [-0.4, -0.2) is 47.2 Å². The summed E-state index contributed by atoms with van der Waals surface area (Å²) in [6.45, 7) is 4.34. The van der Waals surface area contributed by atoms with Crippen molar-refractivity contribution >= 4 is 21.1 Å². The minimum Gasteiger partial charge on any atom is -0.299 e. The average molecular weight is 418 g/mol. The summed E-state index contributed by atoms with van der Waals surface area (Å²) in [5.74, 6) is -0.452. The number of pyridine rings is 1. The van der Waals surface area contributed by atoms with Crippen molar-refractivity contribution in [2.24, 2.45) is 7.05 Å². The van der Waals surface area contributed by atoms with Crippen LogP contribution >= 0.6 is 0 Å². The van der Waals surface area contributed by atoms with Crippen LogP contribution < -0.4 is 4.72 Å². The SMILES string of the molecule is Cc1nn(C)c2ncc(CN3CCC(NS(=O)(=O)c4ccc(F)cc4)CC3)cc12. The highest BCUT2D eigenvalue weighted by molar-refractivity contribution is 7.89. The highest BCUT2D eigenvalue weighted by Crippen LogP contribution is 2.20. The fourth-order valence-corrected chi connectivity index (χ4v) is 5.11. The zero-order valence-electron chi connectivity index (χ0n) is 16.5. The van der Waals surface area contributed by atoms with E-state index in [1.54, 1.807) is 4.68 Å². The van der Waals surface area contributed by atoms with Crippen molar-refractivity contribution in [2.75, 3.05) is 13.1 Å². The van der Waals surface area contributed by atoms with E-state index in [4.69, 9.17) is 0 Å². The Morgan fingerprint density at radius 1 is 1.21 bits per heavy atom. The molecule has 0 spiro atoms. The Morgan fingerprint density at radius 2 is 1.90 bits per heavy atom. The molecule has 0 unspecified atom stereocenters. The van der Waals surface area contributed by atoms with Gasteiger partial charge in [-0.25, -0.2) is 22.5 Å². The van der Waals surface area contributed by atoms with E-state index in [-0.39, 0.29) is 10.9 Å². The van der Waals surface area contributed by atoms with Crippen LogP contribution in [-0.2, 0) is 23.6 Å². The summed E-state index contributed by atoms with van der Waals surface area (Å²) in [4.78, 5) is 6.92. The summed E-state index contributed by atoms with van der Waals surface area (Å²) in [6.07, 6.45) is 3.33. The van der Waals surface area contributed by atoms with Gasteiger partial charge in [0.25, 0.3) is 0 Å². The maximum atomic E-state index is 13.0. The van der Waals surface area contributed by atoms with E-state index in [1.807, 2.05) is 20.2 Å². The summed E-state index contributed by atoms with van der Waals surface area (Å²) in [6, 6.07) is 6.90. The van der Waals surface area contributed by atoms with Gasteiger partial charge in [0.15, 0.2) is 5.65 Å². The molecule has 3 heterocycles. The van der Waals surface area contributed by atoms with Gasteiger partial charge in [0.05, 0.1) is 10.6 Å². The first-order valence-corrected chi connectivity index (χ1v) is 11.1. The maximum absolute atomic E-state index is 13.0. The van der Waals surface area contributed by atoms with Crippen molar-refractivity contribution in [1.82, 2.24) is 24.4 Å². The van der Waals surface area contributed by atoms with Crippen LogP contribution in [0.3, 0.4) is 0 Å². The summed E-state index contributed by atoms with van der Waals surface area (Å²) in [7, 11) is -1.75. The zero-order valence-corrected chi connectivity index (χ0v) is 17.3. The second-order valence-electron chi connectivity index (χ2n) is 7.55. The number of likely N-dealkylation sites (tertiary alicyclic amines) is 1. The number of piperidine rings is 1. The molecule has 3 aromatic rings. The largest absolute Gasteiger partial charge is 0.299 e. The highest BCUT2D eigenvalue weighted by Gasteiger charge is 2.25. The zero-order chi connectivity index (χ0) is 20.6. The minimum atomic E-state index is -3.63. The molecule has 7 nitrogen and oxygen atoms in total. The second-order valence-corrected chi connectivity index (χ2v) is 9.26. The van der Waals surface area contributed by atoms with Crippen LogP contribution in [0.2, 0.25) is 0 Å². The molecule has 0 saturated carbocycles. The molecule has 1 fully saturated rings. The van der Waals surface area contributed by atoms with Gasteiger partial charge in [0.1, 0.15) is 5.82 Å². The van der Waals surface area contributed by atoms with Crippen LogP contribution in [0.4, 0.5) is 4.39 Å². The van der Waals surface area contributed by atoms with Gasteiger partial charge in [-0.1, -0.05) is 0 Å². The van der Waals surface area contributed by atoms with E-state index < -0.39 is 15.8 Å². The summed E-state index contributed by atoms with van der Waals surface area (Å²) < 4.78 is 42.5. The summed E-state index contributed by atoms with van der Waals surface area (Å²) >= 11 is 0. The lowest BCUT2D eigenvalue weighted by Gasteiger charge is -2.32. The molecule has 9 heteroatoms. The molecule has 0 bridgehead atoms. The first-order valence-electron chi connectivity index (χ1n) is 9.60. The number of hydrogen-bond donors (Lipinski definition) is 1. The monoisotopic (exact) mass is 417 g/mol. The van der Waals surface area contributed by atoms with Crippen LogP contribution in [0.1, 0.15) is 24.1 Å². The Hall–Kier alpha value is -2.36. The van der Waals surface area contributed by atoms with Gasteiger partial charge in [-0.05, 0) is 55.7 Å². The van der Waals surface area contributed by atoms with E-state index in [1.165, 1.54) is 12.1 Å². The van der Waals surface area contributed by atoms with Crippen molar-refractivity contribution in [3.63, 3.8) is 0 Å². The van der Waals surface area contributed by atoms with Crippen LogP contribution in [0.15, 0.2) is 41.4 Å². The lowest BCUT2D eigenvalue weighted by Crippen LogP contribution is -2.44. The van der Waals surface area contributed by atoms with Gasteiger partial charge in [0.2, 0.25) is 10.0 Å². The molecule has 154 valence electrons. The quantitative estimate of drug-likeness (QED) is 0.689. The third-order valence-corrected chi connectivity index (χ3v) is 6.90. The molecule has 1 aliphatic heterocycles. The highest BCUT2D eigenvalue weighted by atomic mass is 32.2. The molecule has 0 amide bonds. The lowest BCUT2D eigenvalue weighted by atomic mass is 10.1. The minimum absolute atomic E-state index is 0.0903. The van der Waals surface area contributed by atoms with Gasteiger partial charge < -0.3 is 0 Å². The van der Waals surface area contributed by atoms with E-state index >= 15 is 0 Å². The molecule has 4 rings (SSSR count). The van der Waals surface area contributed by atoms with Crippen molar-refractivity contribution in [3.8, 4) is 0 Å². The first kappa shape index (κ1) is 19.9. The molecule has 0 aliphatic carbocycles. The molecule has 29 heavy (non-hydrogen) atoms. The Bertz CT molecular complexity index is 1120. The molecule has 2 aromatic heterocycles. The predicted octanol–water partition coefficient (Wildman–Crippen LogP) is 2.36. The van der Waals surface area contributed by atoms with Crippen molar-refractivity contribution in [1.29, 1.82) is 0 Å². The fourth-order valence-electron chi connectivity index (χ4n) is 3.81. The number of hydrogen-bond acceptors (Lipinski definition) is 5. The smallest absolute Gasteiger partial charge is 0.240 e. The van der Waals surface area contributed by atoms with Crippen molar-refractivity contribution < 1.29 is 12.8 Å². The van der Waals surface area contributed by atoms with E-state index in [0.717, 1.165) is 66.9 Å². The number of fused-ring (bicyclic) bond motifs is 1. The fraction of sp³-hybridized carbons (Fsp3) is 0.400.